The van der Waals surface area contributed by atoms with E-state index in [1.165, 1.54) is 0 Å². The summed E-state index contributed by atoms with van der Waals surface area (Å²) < 4.78 is 4.96. The lowest BCUT2D eigenvalue weighted by Crippen LogP contribution is -2.27. The third-order valence-corrected chi connectivity index (χ3v) is 2.53. The van der Waals surface area contributed by atoms with E-state index in [9.17, 15) is 5.11 Å². The van der Waals surface area contributed by atoms with Crippen molar-refractivity contribution in [1.29, 1.82) is 0 Å². The van der Waals surface area contributed by atoms with Crippen molar-refractivity contribution in [3.8, 4) is 0 Å². The predicted molar refractivity (Wildman–Crippen MR) is 49.5 cm³/mol. The lowest BCUT2D eigenvalue weighted by molar-refractivity contribution is 0.105. The third kappa shape index (κ3) is 1.78. The van der Waals surface area contributed by atoms with Gasteiger partial charge in [0.15, 0.2) is 5.82 Å². The van der Waals surface area contributed by atoms with E-state index < -0.39 is 6.10 Å². The average molecular weight is 197 g/mol. The third-order valence-electron chi connectivity index (χ3n) is 2.53. The first kappa shape index (κ1) is 9.61. The average Bonchev–Trinajstić information content (AvgIpc) is 2.94. The molecule has 0 aromatic carbocycles. The summed E-state index contributed by atoms with van der Waals surface area (Å²) >= 11 is 0. The van der Waals surface area contributed by atoms with Crippen molar-refractivity contribution in [3.63, 3.8) is 0 Å². The van der Waals surface area contributed by atoms with Gasteiger partial charge in [-0.25, -0.2) is 0 Å². The topological polar surface area (TPSA) is 85.2 Å². The van der Waals surface area contributed by atoms with E-state index in [4.69, 9.17) is 10.3 Å². The van der Waals surface area contributed by atoms with Crippen LogP contribution in [0.4, 0.5) is 0 Å². The van der Waals surface area contributed by atoms with Gasteiger partial charge in [0.25, 0.3) is 5.89 Å². The molecule has 0 saturated heterocycles. The number of aliphatic hydroxyl groups is 1. The van der Waals surface area contributed by atoms with Crippen molar-refractivity contribution in [3.05, 3.63) is 11.7 Å². The number of hydrogen-bond donors (Lipinski definition) is 2. The van der Waals surface area contributed by atoms with Gasteiger partial charge in [0.05, 0.1) is 0 Å². The van der Waals surface area contributed by atoms with Gasteiger partial charge >= 0.3 is 0 Å². The molecule has 1 aliphatic rings. The van der Waals surface area contributed by atoms with Crippen molar-refractivity contribution in [2.75, 3.05) is 0 Å². The molecule has 5 nitrogen and oxygen atoms in total. The highest BCUT2D eigenvalue weighted by molar-refractivity contribution is 5.04. The summed E-state index contributed by atoms with van der Waals surface area (Å²) in [5.41, 5.74) is 5.67. The van der Waals surface area contributed by atoms with E-state index in [0.29, 0.717) is 18.2 Å². The van der Waals surface area contributed by atoms with Crippen molar-refractivity contribution in [2.24, 2.45) is 5.73 Å². The standard InChI is InChI=1S/C9H15N3O2/c1-2-6(10)7(13)9-11-8(12-14-9)5-3-4-5/h5-7,13H,2-4,10H2,1H3/t6-,7?/m0/s1. The van der Waals surface area contributed by atoms with E-state index in [-0.39, 0.29) is 11.9 Å². The first-order chi connectivity index (χ1) is 6.72. The fraction of sp³-hybridized carbons (Fsp3) is 0.778. The quantitative estimate of drug-likeness (QED) is 0.742. The maximum atomic E-state index is 9.68. The van der Waals surface area contributed by atoms with Crippen LogP contribution in [0.3, 0.4) is 0 Å². The minimum atomic E-state index is -0.833. The van der Waals surface area contributed by atoms with Gasteiger partial charge in [-0.05, 0) is 19.3 Å². The van der Waals surface area contributed by atoms with E-state index >= 15 is 0 Å². The Morgan fingerprint density at radius 1 is 1.64 bits per heavy atom. The maximum Gasteiger partial charge on any atom is 0.257 e. The second-order valence-corrected chi connectivity index (χ2v) is 3.78. The maximum absolute atomic E-state index is 9.68. The van der Waals surface area contributed by atoms with Crippen molar-refractivity contribution >= 4 is 0 Å². The molecule has 5 heteroatoms. The van der Waals surface area contributed by atoms with Crippen LogP contribution in [0.5, 0.6) is 0 Å². The minimum Gasteiger partial charge on any atom is -0.382 e. The Labute approximate surface area is 82.3 Å². The molecule has 1 aliphatic carbocycles. The Morgan fingerprint density at radius 2 is 2.36 bits per heavy atom. The van der Waals surface area contributed by atoms with Gasteiger partial charge in [0, 0.05) is 12.0 Å². The van der Waals surface area contributed by atoms with Gasteiger partial charge in [-0.15, -0.1) is 0 Å². The smallest absolute Gasteiger partial charge is 0.257 e. The van der Waals surface area contributed by atoms with Crippen LogP contribution in [0.2, 0.25) is 0 Å². The van der Waals surface area contributed by atoms with Crippen LogP contribution in [-0.4, -0.2) is 21.3 Å². The first-order valence-electron chi connectivity index (χ1n) is 4.99. The zero-order chi connectivity index (χ0) is 10.1. The SMILES string of the molecule is CC[C@H](N)C(O)c1nc(C2CC2)no1. The Kier molecular flexibility index (Phi) is 2.52. The molecule has 1 saturated carbocycles. The van der Waals surface area contributed by atoms with Crippen LogP contribution < -0.4 is 5.73 Å². The van der Waals surface area contributed by atoms with Crippen LogP contribution in [-0.2, 0) is 0 Å². The molecule has 0 spiro atoms. The molecule has 2 atom stereocenters. The summed E-state index contributed by atoms with van der Waals surface area (Å²) in [4.78, 5) is 4.13. The zero-order valence-corrected chi connectivity index (χ0v) is 8.18. The molecule has 0 radical (unpaired) electrons. The Bertz CT molecular complexity index is 309. The summed E-state index contributed by atoms with van der Waals surface area (Å²) in [6, 6.07) is -0.331. The van der Waals surface area contributed by atoms with Gasteiger partial charge < -0.3 is 15.4 Å². The second kappa shape index (κ2) is 3.67. The number of rotatable bonds is 4. The largest absolute Gasteiger partial charge is 0.382 e. The molecule has 78 valence electrons. The molecule has 1 unspecified atom stereocenters. The molecule has 0 aliphatic heterocycles. The molecule has 1 fully saturated rings. The lowest BCUT2D eigenvalue weighted by atomic mass is 10.1. The van der Waals surface area contributed by atoms with E-state index in [2.05, 4.69) is 10.1 Å². The van der Waals surface area contributed by atoms with Crippen molar-refractivity contribution in [1.82, 2.24) is 10.1 Å². The molecular formula is C9H15N3O2. The van der Waals surface area contributed by atoms with Gasteiger partial charge in [-0.3, -0.25) is 0 Å². The number of hydrogen-bond acceptors (Lipinski definition) is 5. The Morgan fingerprint density at radius 3 is 2.93 bits per heavy atom. The van der Waals surface area contributed by atoms with Gasteiger partial charge in [-0.2, -0.15) is 4.98 Å². The Balaban J connectivity index is 2.07. The molecule has 1 heterocycles. The predicted octanol–water partition coefficient (Wildman–Crippen LogP) is 0.718. The van der Waals surface area contributed by atoms with Crippen molar-refractivity contribution < 1.29 is 9.63 Å². The Hall–Kier alpha value is -0.940. The summed E-state index contributed by atoms with van der Waals surface area (Å²) in [6.07, 6.45) is 2.09. The number of aromatic nitrogens is 2. The fourth-order valence-electron chi connectivity index (χ4n) is 1.28. The van der Waals surface area contributed by atoms with E-state index in [0.717, 1.165) is 12.8 Å². The molecule has 0 amide bonds. The number of nitrogens with two attached hydrogens (primary N) is 1. The highest BCUT2D eigenvalue weighted by Crippen LogP contribution is 2.38. The monoisotopic (exact) mass is 197 g/mol. The highest BCUT2D eigenvalue weighted by Gasteiger charge is 2.30. The van der Waals surface area contributed by atoms with Crippen molar-refractivity contribution in [2.45, 2.75) is 44.2 Å². The van der Waals surface area contributed by atoms with Crippen LogP contribution in [0.25, 0.3) is 0 Å². The number of aliphatic hydroxyl groups excluding tert-OH is 1. The summed E-state index contributed by atoms with van der Waals surface area (Å²) in [6.45, 7) is 1.91. The first-order valence-corrected chi connectivity index (χ1v) is 4.99. The molecule has 3 N–H and O–H groups in total. The van der Waals surface area contributed by atoms with Gasteiger partial charge in [0.1, 0.15) is 6.10 Å². The summed E-state index contributed by atoms with van der Waals surface area (Å²) in [5.74, 6) is 1.40. The second-order valence-electron chi connectivity index (χ2n) is 3.78. The normalized spacial score (nSPS) is 20.8. The molecule has 1 aromatic rings. The molecule has 14 heavy (non-hydrogen) atoms. The van der Waals surface area contributed by atoms with Gasteiger partial charge in [-0.1, -0.05) is 12.1 Å². The summed E-state index contributed by atoms with van der Waals surface area (Å²) in [5, 5.41) is 13.5. The molecule has 1 aromatic heterocycles. The van der Waals surface area contributed by atoms with Crippen LogP contribution in [0.15, 0.2) is 4.52 Å². The van der Waals surface area contributed by atoms with Gasteiger partial charge in [0.2, 0.25) is 0 Å². The number of nitrogens with zero attached hydrogens (tertiary/aromatic N) is 2. The highest BCUT2D eigenvalue weighted by atomic mass is 16.5. The lowest BCUT2D eigenvalue weighted by Gasteiger charge is -2.11. The van der Waals surface area contributed by atoms with Crippen LogP contribution >= 0.6 is 0 Å². The van der Waals surface area contributed by atoms with E-state index in [1.54, 1.807) is 0 Å². The van der Waals surface area contributed by atoms with E-state index in [1.807, 2.05) is 6.92 Å². The minimum absolute atomic E-state index is 0.251. The fourth-order valence-corrected chi connectivity index (χ4v) is 1.28. The van der Waals surface area contributed by atoms with Crippen LogP contribution in [0, 0.1) is 0 Å². The molecular weight excluding hydrogens is 182 g/mol. The van der Waals surface area contributed by atoms with Crippen LogP contribution in [0.1, 0.15) is 49.9 Å². The zero-order valence-electron chi connectivity index (χ0n) is 8.18. The summed E-state index contributed by atoms with van der Waals surface area (Å²) in [7, 11) is 0. The molecule has 2 rings (SSSR count). The molecule has 0 bridgehead atoms.